The molecule has 0 spiro atoms. The lowest BCUT2D eigenvalue weighted by molar-refractivity contribution is 0.662. The molecular formula is C22H20. The van der Waals surface area contributed by atoms with Crippen molar-refractivity contribution in [2.75, 3.05) is 0 Å². The third-order valence-corrected chi connectivity index (χ3v) is 4.99. The van der Waals surface area contributed by atoms with Gasteiger partial charge in [0.25, 0.3) is 0 Å². The first-order valence-electron chi connectivity index (χ1n) is 7.90. The molecule has 0 aromatic heterocycles. The molecule has 4 rings (SSSR count). The van der Waals surface area contributed by atoms with Crippen LogP contribution in [0.3, 0.4) is 0 Å². The Morgan fingerprint density at radius 1 is 0.682 bits per heavy atom. The predicted octanol–water partition coefficient (Wildman–Crippen LogP) is 5.97. The summed E-state index contributed by atoms with van der Waals surface area (Å²) in [6.45, 7) is 6.93. The average molecular weight is 284 g/mol. The Morgan fingerprint density at radius 3 is 2.14 bits per heavy atom. The highest BCUT2D eigenvalue weighted by atomic mass is 14.4. The number of benzene rings is 3. The number of aryl methyl sites for hydroxylation is 1. The summed E-state index contributed by atoms with van der Waals surface area (Å²) in [5.41, 5.74) is 9.83. The van der Waals surface area contributed by atoms with Gasteiger partial charge in [0, 0.05) is 5.41 Å². The summed E-state index contributed by atoms with van der Waals surface area (Å²) in [7, 11) is 0. The van der Waals surface area contributed by atoms with Gasteiger partial charge in [-0.2, -0.15) is 0 Å². The van der Waals surface area contributed by atoms with Gasteiger partial charge >= 0.3 is 0 Å². The Hall–Kier alpha value is -2.34. The molecule has 0 amide bonds. The highest BCUT2D eigenvalue weighted by molar-refractivity contribution is 5.89. The third kappa shape index (κ3) is 1.70. The summed E-state index contributed by atoms with van der Waals surface area (Å²) in [4.78, 5) is 0. The van der Waals surface area contributed by atoms with E-state index in [0.29, 0.717) is 0 Å². The van der Waals surface area contributed by atoms with E-state index in [1.807, 2.05) is 0 Å². The molecule has 1 aliphatic rings. The highest BCUT2D eigenvalue weighted by Crippen LogP contribution is 2.53. The molecule has 1 aliphatic carbocycles. The minimum atomic E-state index is 0.0448. The molecule has 0 saturated carbocycles. The van der Waals surface area contributed by atoms with E-state index < -0.39 is 0 Å². The Labute approximate surface area is 132 Å². The van der Waals surface area contributed by atoms with E-state index in [1.54, 1.807) is 0 Å². The maximum absolute atomic E-state index is 2.35. The molecule has 0 unspecified atom stereocenters. The van der Waals surface area contributed by atoms with E-state index >= 15 is 0 Å². The third-order valence-electron chi connectivity index (χ3n) is 4.99. The Kier molecular flexibility index (Phi) is 2.77. The van der Waals surface area contributed by atoms with Gasteiger partial charge in [-0.1, -0.05) is 80.6 Å². The maximum atomic E-state index is 2.35. The van der Waals surface area contributed by atoms with Gasteiger partial charge in [-0.05, 0) is 45.9 Å². The van der Waals surface area contributed by atoms with E-state index in [4.69, 9.17) is 0 Å². The zero-order chi connectivity index (χ0) is 15.3. The van der Waals surface area contributed by atoms with Crippen LogP contribution in [0.1, 0.15) is 30.5 Å². The second kappa shape index (κ2) is 4.58. The summed E-state index contributed by atoms with van der Waals surface area (Å²) < 4.78 is 0. The van der Waals surface area contributed by atoms with Gasteiger partial charge in [-0.15, -0.1) is 0 Å². The fourth-order valence-corrected chi connectivity index (χ4v) is 3.94. The average Bonchev–Trinajstić information content (AvgIpc) is 2.79. The highest BCUT2D eigenvalue weighted by Gasteiger charge is 2.38. The van der Waals surface area contributed by atoms with Gasteiger partial charge in [0.05, 0.1) is 0 Å². The number of hydrogen-bond acceptors (Lipinski definition) is 0. The molecule has 0 saturated heterocycles. The zero-order valence-electron chi connectivity index (χ0n) is 13.4. The van der Waals surface area contributed by atoms with Crippen molar-refractivity contribution in [3.63, 3.8) is 0 Å². The quantitative estimate of drug-likeness (QED) is 0.516. The van der Waals surface area contributed by atoms with Gasteiger partial charge < -0.3 is 0 Å². The van der Waals surface area contributed by atoms with E-state index in [2.05, 4.69) is 87.5 Å². The molecular weight excluding hydrogens is 264 g/mol. The van der Waals surface area contributed by atoms with Crippen LogP contribution < -0.4 is 0 Å². The second-order valence-electron chi connectivity index (χ2n) is 6.72. The van der Waals surface area contributed by atoms with Gasteiger partial charge in [-0.25, -0.2) is 0 Å². The van der Waals surface area contributed by atoms with Crippen LogP contribution in [0.4, 0.5) is 0 Å². The lowest BCUT2D eigenvalue weighted by Gasteiger charge is -2.25. The first kappa shape index (κ1) is 13.3. The molecule has 0 bridgehead atoms. The van der Waals surface area contributed by atoms with Crippen LogP contribution in [0.5, 0.6) is 0 Å². The van der Waals surface area contributed by atoms with Gasteiger partial charge in [0.1, 0.15) is 0 Å². The fourth-order valence-electron chi connectivity index (χ4n) is 3.94. The number of rotatable bonds is 1. The van der Waals surface area contributed by atoms with Crippen molar-refractivity contribution in [1.82, 2.24) is 0 Å². The largest absolute Gasteiger partial charge is 0.0622 e. The molecule has 0 radical (unpaired) electrons. The van der Waals surface area contributed by atoms with Crippen LogP contribution in [0, 0.1) is 6.92 Å². The van der Waals surface area contributed by atoms with Gasteiger partial charge in [-0.3, -0.25) is 0 Å². The molecule has 3 aromatic carbocycles. The minimum absolute atomic E-state index is 0.0448. The molecule has 3 aromatic rings. The molecule has 0 aliphatic heterocycles. The molecule has 0 fully saturated rings. The Morgan fingerprint density at radius 2 is 1.36 bits per heavy atom. The van der Waals surface area contributed by atoms with Crippen LogP contribution in [0.2, 0.25) is 0 Å². The van der Waals surface area contributed by atoms with Crippen molar-refractivity contribution in [3.05, 3.63) is 83.4 Å². The van der Waals surface area contributed by atoms with Gasteiger partial charge in [0.2, 0.25) is 0 Å². The first-order chi connectivity index (χ1) is 10.6. The molecule has 108 valence electrons. The SMILES string of the molecule is Cc1ccc(-c2ccccc2)c2c1-c1ccccc1C2(C)C. The van der Waals surface area contributed by atoms with Crippen molar-refractivity contribution >= 4 is 0 Å². The fraction of sp³-hybridized carbons (Fsp3) is 0.182. The number of fused-ring (bicyclic) bond motifs is 3. The van der Waals surface area contributed by atoms with E-state index in [-0.39, 0.29) is 5.41 Å². The molecule has 0 N–H and O–H groups in total. The van der Waals surface area contributed by atoms with Crippen LogP contribution >= 0.6 is 0 Å². The van der Waals surface area contributed by atoms with E-state index in [9.17, 15) is 0 Å². The summed E-state index contributed by atoms with van der Waals surface area (Å²) in [6.07, 6.45) is 0. The monoisotopic (exact) mass is 284 g/mol. The lowest BCUT2D eigenvalue weighted by atomic mass is 9.78. The molecule has 0 heterocycles. The second-order valence-corrected chi connectivity index (χ2v) is 6.72. The predicted molar refractivity (Wildman–Crippen MR) is 94.2 cm³/mol. The molecule has 22 heavy (non-hydrogen) atoms. The van der Waals surface area contributed by atoms with E-state index in [1.165, 1.54) is 38.9 Å². The summed E-state index contributed by atoms with van der Waals surface area (Å²) in [5.74, 6) is 0. The van der Waals surface area contributed by atoms with Crippen LogP contribution in [-0.4, -0.2) is 0 Å². The zero-order valence-corrected chi connectivity index (χ0v) is 13.4. The Bertz CT molecular complexity index is 854. The van der Waals surface area contributed by atoms with Crippen molar-refractivity contribution < 1.29 is 0 Å². The summed E-state index contributed by atoms with van der Waals surface area (Å²) in [6, 6.07) is 24.2. The van der Waals surface area contributed by atoms with Gasteiger partial charge in [0.15, 0.2) is 0 Å². The number of hydrogen-bond donors (Lipinski definition) is 0. The van der Waals surface area contributed by atoms with Crippen molar-refractivity contribution in [2.24, 2.45) is 0 Å². The Balaban J connectivity index is 2.10. The standard InChI is InChI=1S/C22H20/c1-15-13-14-17(16-9-5-4-6-10-16)21-20(15)18-11-7-8-12-19(18)22(21,2)3/h4-14H,1-3H3. The lowest BCUT2D eigenvalue weighted by Crippen LogP contribution is -2.16. The summed E-state index contributed by atoms with van der Waals surface area (Å²) >= 11 is 0. The summed E-state index contributed by atoms with van der Waals surface area (Å²) in [5, 5.41) is 0. The van der Waals surface area contributed by atoms with Crippen molar-refractivity contribution in [2.45, 2.75) is 26.2 Å². The topological polar surface area (TPSA) is 0 Å². The smallest absolute Gasteiger partial charge is 0.0165 e. The normalized spacial score (nSPS) is 14.5. The van der Waals surface area contributed by atoms with Crippen LogP contribution in [0.25, 0.3) is 22.3 Å². The van der Waals surface area contributed by atoms with Crippen LogP contribution in [0.15, 0.2) is 66.7 Å². The minimum Gasteiger partial charge on any atom is -0.0622 e. The van der Waals surface area contributed by atoms with E-state index in [0.717, 1.165) is 0 Å². The molecule has 0 heteroatoms. The first-order valence-corrected chi connectivity index (χ1v) is 7.90. The molecule has 0 nitrogen and oxygen atoms in total. The van der Waals surface area contributed by atoms with Crippen LogP contribution in [-0.2, 0) is 5.41 Å². The van der Waals surface area contributed by atoms with Crippen molar-refractivity contribution in [3.8, 4) is 22.3 Å². The molecule has 0 atom stereocenters. The maximum Gasteiger partial charge on any atom is 0.0165 e. The van der Waals surface area contributed by atoms with Crippen molar-refractivity contribution in [1.29, 1.82) is 0 Å².